The van der Waals surface area contributed by atoms with Gasteiger partial charge in [0.15, 0.2) is 0 Å². The van der Waals surface area contributed by atoms with Crippen LogP contribution in [0.4, 0.5) is 0 Å². The van der Waals surface area contributed by atoms with E-state index in [1.165, 1.54) is 83.5 Å². The molecule has 0 unspecified atom stereocenters. The van der Waals surface area contributed by atoms with Crippen LogP contribution in [0.2, 0.25) is 0 Å². The van der Waals surface area contributed by atoms with Gasteiger partial charge in [0.05, 0.1) is 11.5 Å². The summed E-state index contributed by atoms with van der Waals surface area (Å²) in [5.74, 6) is 4.02. The van der Waals surface area contributed by atoms with Crippen LogP contribution in [0.25, 0.3) is 0 Å². The molecule has 0 aromatic rings. The number of hydrogen-bond acceptors (Lipinski definition) is 2. The van der Waals surface area contributed by atoms with Gasteiger partial charge in [-0.1, -0.05) is 41.5 Å². The molecule has 0 spiro atoms. The Labute approximate surface area is 239 Å². The summed E-state index contributed by atoms with van der Waals surface area (Å²) in [4.78, 5) is 17.0. The molecule has 0 radical (unpaired) electrons. The first-order valence-corrected chi connectivity index (χ1v) is 17.3. The molecule has 1 heterocycles. The molecule has 7 rings (SSSR count). The lowest BCUT2D eigenvalue weighted by Gasteiger charge is -2.73. The highest BCUT2D eigenvalue weighted by atomic mass is 16.3. The Balaban J connectivity index is 1.27. The topological polar surface area (TPSA) is 40.5 Å². The standard InChI is InChI=1S/C36H59NO2/c1-31(2)26-13-16-35(6)27(33(26,4)15-14-28(31)38)11-10-25-29-24(32(3)18-19-32)12-17-36(29,21-20-34(25,35)5)30(39)37-22-8-7-9-23-37/h24-29,38H,7-23H2,1-6H3/t24-,25-,26+,27-,28+,29-,33+,34-,35-,36+/m1/s1. The molecule has 7 aliphatic rings. The lowest BCUT2D eigenvalue weighted by atomic mass is 9.32. The first kappa shape index (κ1) is 27.3. The van der Waals surface area contributed by atoms with Gasteiger partial charge in [-0.3, -0.25) is 4.79 Å². The van der Waals surface area contributed by atoms with E-state index in [-0.39, 0.29) is 16.9 Å². The fourth-order valence-electron chi connectivity index (χ4n) is 13.7. The molecular weight excluding hydrogens is 478 g/mol. The highest BCUT2D eigenvalue weighted by Crippen LogP contribution is 2.79. The Morgan fingerprint density at radius 2 is 1.38 bits per heavy atom. The maximum Gasteiger partial charge on any atom is 0.229 e. The van der Waals surface area contributed by atoms with Gasteiger partial charge < -0.3 is 10.0 Å². The summed E-state index contributed by atoms with van der Waals surface area (Å²) >= 11 is 0. The van der Waals surface area contributed by atoms with Crippen molar-refractivity contribution in [2.24, 2.45) is 62.1 Å². The molecule has 3 heteroatoms. The van der Waals surface area contributed by atoms with Gasteiger partial charge in [0, 0.05) is 13.1 Å². The number of amides is 1. The Morgan fingerprint density at radius 3 is 2.08 bits per heavy atom. The SMILES string of the molecule is CC1([C@@H]2CC[C@]3(C(=O)N4CCCCC4)CC[C@]4(C)[C@H](CC[C@@H]5[C@@]6(C)CC[C@H](O)C(C)(C)[C@@H]6CC[C@]54C)[C@@H]23)CC1. The van der Waals surface area contributed by atoms with Crippen molar-refractivity contribution in [1.82, 2.24) is 4.90 Å². The Hall–Kier alpha value is -0.570. The largest absolute Gasteiger partial charge is 0.393 e. The van der Waals surface area contributed by atoms with Crippen LogP contribution in [0.1, 0.15) is 138 Å². The minimum absolute atomic E-state index is 0.0196. The summed E-state index contributed by atoms with van der Waals surface area (Å²) in [5, 5.41) is 11.1. The number of likely N-dealkylation sites (tertiary alicyclic amines) is 1. The third-order valence-electron chi connectivity index (χ3n) is 16.4. The maximum atomic E-state index is 14.6. The first-order chi connectivity index (χ1) is 18.3. The molecule has 3 nitrogen and oxygen atoms in total. The highest BCUT2D eigenvalue weighted by molar-refractivity contribution is 5.84. The normalized spacial score (nSPS) is 53.7. The van der Waals surface area contributed by atoms with Gasteiger partial charge in [0.1, 0.15) is 0 Å². The summed E-state index contributed by atoms with van der Waals surface area (Å²) < 4.78 is 0. The van der Waals surface area contributed by atoms with Crippen molar-refractivity contribution in [1.29, 1.82) is 0 Å². The average molecular weight is 538 g/mol. The van der Waals surface area contributed by atoms with E-state index in [4.69, 9.17) is 0 Å². The van der Waals surface area contributed by atoms with E-state index in [1.807, 2.05) is 0 Å². The number of fused-ring (bicyclic) bond motifs is 7. The fourth-order valence-corrected chi connectivity index (χ4v) is 13.7. The minimum atomic E-state index is -0.151. The van der Waals surface area contributed by atoms with Gasteiger partial charge in [0.2, 0.25) is 5.91 Å². The number of carbonyl (C=O) groups is 1. The highest BCUT2D eigenvalue weighted by Gasteiger charge is 2.73. The maximum absolute atomic E-state index is 14.6. The molecule has 1 N–H and O–H groups in total. The van der Waals surface area contributed by atoms with E-state index in [9.17, 15) is 9.90 Å². The van der Waals surface area contributed by atoms with Crippen molar-refractivity contribution >= 4 is 5.91 Å². The molecule has 0 aromatic carbocycles. The zero-order chi connectivity index (χ0) is 27.6. The summed E-state index contributed by atoms with van der Waals surface area (Å²) in [7, 11) is 0. The zero-order valence-electron chi connectivity index (χ0n) is 26.3. The van der Waals surface area contributed by atoms with Crippen LogP contribution in [0, 0.1) is 62.1 Å². The fraction of sp³-hybridized carbons (Fsp3) is 0.972. The second-order valence-corrected chi connectivity index (χ2v) is 17.9. The van der Waals surface area contributed by atoms with Crippen LogP contribution in [0.5, 0.6) is 0 Å². The smallest absolute Gasteiger partial charge is 0.229 e. The van der Waals surface area contributed by atoms with E-state index >= 15 is 0 Å². The molecule has 1 saturated heterocycles. The summed E-state index contributed by atoms with van der Waals surface area (Å²) in [6.45, 7) is 17.5. The zero-order valence-corrected chi connectivity index (χ0v) is 26.3. The molecule has 220 valence electrons. The number of nitrogens with zero attached hydrogens (tertiary/aromatic N) is 1. The Morgan fingerprint density at radius 1 is 0.667 bits per heavy atom. The number of piperidine rings is 1. The molecule has 39 heavy (non-hydrogen) atoms. The average Bonchev–Trinajstić information content (AvgIpc) is 3.52. The van der Waals surface area contributed by atoms with E-state index in [0.717, 1.165) is 37.8 Å². The molecule has 1 aliphatic heterocycles. The van der Waals surface area contributed by atoms with Crippen molar-refractivity contribution < 1.29 is 9.90 Å². The second-order valence-electron chi connectivity index (χ2n) is 17.9. The third-order valence-corrected chi connectivity index (χ3v) is 16.4. The Bertz CT molecular complexity index is 1010. The van der Waals surface area contributed by atoms with Crippen molar-refractivity contribution in [3.8, 4) is 0 Å². The lowest BCUT2D eigenvalue weighted by molar-refractivity contribution is -0.249. The monoisotopic (exact) mass is 537 g/mol. The van der Waals surface area contributed by atoms with E-state index in [1.54, 1.807) is 0 Å². The Kier molecular flexibility index (Phi) is 5.95. The van der Waals surface area contributed by atoms with Crippen LogP contribution < -0.4 is 0 Å². The number of carbonyl (C=O) groups excluding carboxylic acids is 1. The van der Waals surface area contributed by atoms with Gasteiger partial charge >= 0.3 is 0 Å². The summed E-state index contributed by atoms with van der Waals surface area (Å²) in [6.07, 6.45) is 18.7. The second kappa shape index (κ2) is 8.50. The van der Waals surface area contributed by atoms with Crippen LogP contribution in [-0.2, 0) is 4.79 Å². The third kappa shape index (κ3) is 3.41. The van der Waals surface area contributed by atoms with E-state index in [2.05, 4.69) is 46.4 Å². The number of rotatable bonds is 2. The molecule has 0 bridgehead atoms. The minimum Gasteiger partial charge on any atom is -0.393 e. The summed E-state index contributed by atoms with van der Waals surface area (Å²) in [5.41, 5.74) is 1.45. The predicted molar refractivity (Wildman–Crippen MR) is 158 cm³/mol. The van der Waals surface area contributed by atoms with E-state index < -0.39 is 0 Å². The number of aliphatic hydroxyl groups is 1. The van der Waals surface area contributed by atoms with Gasteiger partial charge in [-0.05, 0) is 153 Å². The van der Waals surface area contributed by atoms with Gasteiger partial charge in [0.25, 0.3) is 0 Å². The first-order valence-electron chi connectivity index (χ1n) is 17.3. The van der Waals surface area contributed by atoms with E-state index in [0.29, 0.717) is 45.3 Å². The van der Waals surface area contributed by atoms with Crippen LogP contribution in [0.15, 0.2) is 0 Å². The van der Waals surface area contributed by atoms with Crippen molar-refractivity contribution in [2.45, 2.75) is 144 Å². The quantitative estimate of drug-likeness (QED) is 0.385. The predicted octanol–water partition coefficient (Wildman–Crippen LogP) is 8.24. The van der Waals surface area contributed by atoms with Gasteiger partial charge in [-0.2, -0.15) is 0 Å². The number of hydrogen-bond donors (Lipinski definition) is 1. The van der Waals surface area contributed by atoms with Crippen LogP contribution in [0.3, 0.4) is 0 Å². The van der Waals surface area contributed by atoms with Crippen molar-refractivity contribution in [2.75, 3.05) is 13.1 Å². The molecule has 6 aliphatic carbocycles. The molecule has 7 fully saturated rings. The van der Waals surface area contributed by atoms with Gasteiger partial charge in [-0.25, -0.2) is 0 Å². The molecular formula is C36H59NO2. The van der Waals surface area contributed by atoms with Crippen molar-refractivity contribution in [3.63, 3.8) is 0 Å². The molecule has 6 saturated carbocycles. The summed E-state index contributed by atoms with van der Waals surface area (Å²) in [6, 6.07) is 0. The molecule has 1 amide bonds. The van der Waals surface area contributed by atoms with Crippen LogP contribution in [-0.4, -0.2) is 35.1 Å². The molecule has 0 aromatic heterocycles. The van der Waals surface area contributed by atoms with Crippen molar-refractivity contribution in [3.05, 3.63) is 0 Å². The van der Waals surface area contributed by atoms with Gasteiger partial charge in [-0.15, -0.1) is 0 Å². The molecule has 10 atom stereocenters. The lowest BCUT2D eigenvalue weighted by Crippen LogP contribution is -2.67. The number of aliphatic hydroxyl groups excluding tert-OH is 1. The van der Waals surface area contributed by atoms with Crippen LogP contribution >= 0.6 is 0 Å².